The Hall–Kier alpha value is -1.18. The lowest BCUT2D eigenvalue weighted by molar-refractivity contribution is 0.327. The van der Waals surface area contributed by atoms with Crippen LogP contribution in [-0.4, -0.2) is 49.6 Å². The molecule has 0 atom stereocenters. The van der Waals surface area contributed by atoms with Crippen LogP contribution in [0.2, 0.25) is 0 Å². The van der Waals surface area contributed by atoms with Gasteiger partial charge in [0, 0.05) is 32.6 Å². The maximum absolute atomic E-state index is 12.2. The van der Waals surface area contributed by atoms with Gasteiger partial charge in [-0.3, -0.25) is 0 Å². The van der Waals surface area contributed by atoms with Crippen molar-refractivity contribution >= 4 is 36.7 Å². The summed E-state index contributed by atoms with van der Waals surface area (Å²) < 4.78 is 27.2. The molecule has 0 unspecified atom stereocenters. The molecule has 1 aromatic heterocycles. The zero-order valence-corrected chi connectivity index (χ0v) is 16.0. The van der Waals surface area contributed by atoms with Crippen molar-refractivity contribution in [1.82, 2.24) is 9.29 Å². The van der Waals surface area contributed by atoms with E-state index >= 15 is 0 Å². The van der Waals surface area contributed by atoms with Crippen LogP contribution in [0.1, 0.15) is 24.0 Å². The van der Waals surface area contributed by atoms with Crippen molar-refractivity contribution in [3.8, 4) is 0 Å². The van der Waals surface area contributed by atoms with E-state index in [1.54, 1.807) is 22.7 Å². The van der Waals surface area contributed by atoms with E-state index in [2.05, 4.69) is 30.9 Å². The second-order valence-corrected chi connectivity index (χ2v) is 10.5. The Bertz CT molecular complexity index is 881. The van der Waals surface area contributed by atoms with Gasteiger partial charge in [-0.15, -0.1) is 0 Å². The van der Waals surface area contributed by atoms with Crippen molar-refractivity contribution in [1.29, 1.82) is 0 Å². The largest absolute Gasteiger partial charge is 0.347 e. The van der Waals surface area contributed by atoms with E-state index in [4.69, 9.17) is 4.98 Å². The topological polar surface area (TPSA) is 53.5 Å². The summed E-state index contributed by atoms with van der Waals surface area (Å²) in [5, 5.41) is 0.941. The molecule has 0 bridgehead atoms. The van der Waals surface area contributed by atoms with E-state index in [0.29, 0.717) is 12.5 Å². The van der Waals surface area contributed by atoms with Gasteiger partial charge in [0.25, 0.3) is 0 Å². The molecule has 1 aromatic carbocycles. The molecule has 130 valence electrons. The van der Waals surface area contributed by atoms with Gasteiger partial charge in [-0.05, 0) is 43.9 Å². The molecule has 2 fully saturated rings. The molecule has 1 aliphatic carbocycles. The number of thiazole rings is 1. The quantitative estimate of drug-likeness (QED) is 0.818. The summed E-state index contributed by atoms with van der Waals surface area (Å²) in [6.45, 7) is 6.63. The highest BCUT2D eigenvalue weighted by atomic mass is 32.2. The van der Waals surface area contributed by atoms with Gasteiger partial charge in [0.2, 0.25) is 10.0 Å². The van der Waals surface area contributed by atoms with E-state index in [1.165, 1.54) is 15.8 Å². The molecule has 1 aliphatic heterocycles. The number of anilines is 1. The number of rotatable bonds is 5. The molecule has 0 spiro atoms. The third kappa shape index (κ3) is 2.82. The van der Waals surface area contributed by atoms with Crippen LogP contribution in [0, 0.1) is 19.8 Å². The van der Waals surface area contributed by atoms with Crippen molar-refractivity contribution in [2.75, 3.05) is 31.6 Å². The predicted octanol–water partition coefficient (Wildman–Crippen LogP) is 2.77. The van der Waals surface area contributed by atoms with Gasteiger partial charge in [-0.2, -0.15) is 0 Å². The van der Waals surface area contributed by atoms with Crippen LogP contribution in [0.3, 0.4) is 0 Å². The molecule has 0 radical (unpaired) electrons. The van der Waals surface area contributed by atoms with Crippen LogP contribution in [0.4, 0.5) is 5.13 Å². The maximum atomic E-state index is 12.2. The van der Waals surface area contributed by atoms with E-state index in [0.717, 1.165) is 36.6 Å². The minimum absolute atomic E-state index is 0.117. The Morgan fingerprint density at radius 2 is 2.00 bits per heavy atom. The normalized spacial score (nSPS) is 19.2. The second kappa shape index (κ2) is 5.68. The number of hydrogen-bond donors (Lipinski definition) is 0. The van der Waals surface area contributed by atoms with E-state index in [9.17, 15) is 8.42 Å². The van der Waals surface area contributed by atoms with Gasteiger partial charge < -0.3 is 4.90 Å². The van der Waals surface area contributed by atoms with Gasteiger partial charge in [-0.1, -0.05) is 17.4 Å². The highest BCUT2D eigenvalue weighted by molar-refractivity contribution is 7.90. The summed E-state index contributed by atoms with van der Waals surface area (Å²) in [5.74, 6) is 0.401. The summed E-state index contributed by atoms with van der Waals surface area (Å²) in [4.78, 5) is 7.05. The summed E-state index contributed by atoms with van der Waals surface area (Å²) in [5.41, 5.74) is 3.58. The summed E-state index contributed by atoms with van der Waals surface area (Å²) in [6.07, 6.45) is 1.65. The van der Waals surface area contributed by atoms with E-state index in [1.807, 2.05) is 0 Å². The lowest BCUT2D eigenvalue weighted by Gasteiger charge is -2.40. The van der Waals surface area contributed by atoms with Crippen molar-refractivity contribution < 1.29 is 8.42 Å². The van der Waals surface area contributed by atoms with Gasteiger partial charge >= 0.3 is 0 Å². The molecule has 24 heavy (non-hydrogen) atoms. The first kappa shape index (κ1) is 16.3. The zero-order chi connectivity index (χ0) is 17.1. The van der Waals surface area contributed by atoms with Crippen molar-refractivity contribution in [2.45, 2.75) is 31.9 Å². The molecule has 2 heterocycles. The standard InChI is InChI=1S/C17H23N3O2S2/c1-11-6-12(2)16-15(7-11)23-17(18-16)20-9-13(10-20)8-19(3)24(21,22)14-4-5-14/h6-7,13-14H,4-5,8-10H2,1-3H3. The van der Waals surface area contributed by atoms with Crippen LogP contribution >= 0.6 is 11.3 Å². The van der Waals surface area contributed by atoms with Crippen LogP contribution in [0.25, 0.3) is 10.2 Å². The number of aromatic nitrogens is 1. The highest BCUT2D eigenvalue weighted by Crippen LogP contribution is 2.36. The summed E-state index contributed by atoms with van der Waals surface area (Å²) >= 11 is 1.73. The molecule has 2 aromatic rings. The van der Waals surface area contributed by atoms with Crippen molar-refractivity contribution in [3.05, 3.63) is 23.3 Å². The molecule has 0 amide bonds. The zero-order valence-electron chi connectivity index (χ0n) is 14.3. The molecule has 0 N–H and O–H groups in total. The number of fused-ring (bicyclic) bond motifs is 1. The fourth-order valence-corrected chi connectivity index (χ4v) is 6.24. The van der Waals surface area contributed by atoms with Crippen molar-refractivity contribution in [2.24, 2.45) is 5.92 Å². The molecule has 2 aliphatic rings. The smallest absolute Gasteiger partial charge is 0.216 e. The Morgan fingerprint density at radius 3 is 2.67 bits per heavy atom. The Balaban J connectivity index is 1.41. The first-order chi connectivity index (χ1) is 11.3. The average Bonchev–Trinajstić information content (AvgIpc) is 3.23. The number of aryl methyl sites for hydroxylation is 2. The molecule has 1 saturated heterocycles. The fraction of sp³-hybridized carbons (Fsp3) is 0.588. The number of sulfonamides is 1. The lowest BCUT2D eigenvalue weighted by Crippen LogP contribution is -2.52. The fourth-order valence-electron chi connectivity index (χ4n) is 3.42. The third-order valence-electron chi connectivity index (χ3n) is 4.94. The maximum Gasteiger partial charge on any atom is 0.216 e. The van der Waals surface area contributed by atoms with Gasteiger partial charge in [0.1, 0.15) is 0 Å². The van der Waals surface area contributed by atoms with Crippen LogP contribution < -0.4 is 4.90 Å². The summed E-state index contributed by atoms with van der Waals surface area (Å²) in [6, 6.07) is 4.36. The van der Waals surface area contributed by atoms with E-state index in [-0.39, 0.29) is 5.25 Å². The minimum Gasteiger partial charge on any atom is -0.347 e. The Labute approximate surface area is 147 Å². The third-order valence-corrected chi connectivity index (χ3v) is 8.34. The molecule has 1 saturated carbocycles. The highest BCUT2D eigenvalue weighted by Gasteiger charge is 2.40. The van der Waals surface area contributed by atoms with Crippen molar-refractivity contribution in [3.63, 3.8) is 0 Å². The Morgan fingerprint density at radius 1 is 1.29 bits per heavy atom. The number of hydrogen-bond acceptors (Lipinski definition) is 5. The van der Waals surface area contributed by atoms with Gasteiger partial charge in [0.15, 0.2) is 5.13 Å². The Kier molecular flexibility index (Phi) is 3.85. The molecule has 4 rings (SSSR count). The predicted molar refractivity (Wildman–Crippen MR) is 99.4 cm³/mol. The van der Waals surface area contributed by atoms with Gasteiger partial charge in [-0.25, -0.2) is 17.7 Å². The van der Waals surface area contributed by atoms with E-state index < -0.39 is 10.0 Å². The lowest BCUT2D eigenvalue weighted by atomic mass is 10.0. The van der Waals surface area contributed by atoms with Crippen LogP contribution in [0.15, 0.2) is 12.1 Å². The summed E-state index contributed by atoms with van der Waals surface area (Å²) in [7, 11) is -1.33. The van der Waals surface area contributed by atoms with Crippen LogP contribution in [-0.2, 0) is 10.0 Å². The minimum atomic E-state index is -3.05. The number of benzene rings is 1. The van der Waals surface area contributed by atoms with Crippen LogP contribution in [0.5, 0.6) is 0 Å². The molecule has 5 nitrogen and oxygen atoms in total. The monoisotopic (exact) mass is 365 g/mol. The SMILES string of the molecule is Cc1cc(C)c2nc(N3CC(CN(C)S(=O)(=O)C4CC4)C3)sc2c1. The molecular formula is C17H23N3O2S2. The molecular weight excluding hydrogens is 342 g/mol. The van der Waals surface area contributed by atoms with Gasteiger partial charge in [0.05, 0.1) is 15.5 Å². The average molecular weight is 366 g/mol. The molecule has 7 heteroatoms. The first-order valence-corrected chi connectivity index (χ1v) is 10.7. The second-order valence-electron chi connectivity index (χ2n) is 7.22. The number of nitrogens with zero attached hydrogens (tertiary/aromatic N) is 3. The first-order valence-electron chi connectivity index (χ1n) is 8.42.